The molecule has 0 saturated heterocycles. The van der Waals surface area contributed by atoms with E-state index in [0.29, 0.717) is 22.9 Å². The number of carbonyl (C=O) groups is 1. The van der Waals surface area contributed by atoms with Crippen molar-refractivity contribution in [3.8, 4) is 0 Å². The second-order valence-electron chi connectivity index (χ2n) is 2.72. The average Bonchev–Trinajstić information content (AvgIpc) is 2.10. The van der Waals surface area contributed by atoms with E-state index >= 15 is 0 Å². The first kappa shape index (κ1) is 10.7. The number of rotatable bonds is 2. The van der Waals surface area contributed by atoms with Crippen LogP contribution < -0.4 is 16.4 Å². The molecule has 0 atom stereocenters. The molecule has 14 heavy (non-hydrogen) atoms. The molecule has 0 aliphatic rings. The van der Waals surface area contributed by atoms with Gasteiger partial charge in [-0.05, 0) is 25.1 Å². The number of amides is 2. The Labute approximate surface area is 87.4 Å². The second-order valence-corrected chi connectivity index (χ2v) is 3.13. The van der Waals surface area contributed by atoms with E-state index in [2.05, 4.69) is 10.6 Å². The van der Waals surface area contributed by atoms with Crippen LogP contribution in [0.1, 0.15) is 6.92 Å². The molecule has 2 amide bonds. The third-order valence-corrected chi connectivity index (χ3v) is 1.89. The summed E-state index contributed by atoms with van der Waals surface area (Å²) in [4.78, 5) is 11.1. The Kier molecular flexibility index (Phi) is 3.59. The molecule has 0 fully saturated rings. The molecule has 4 N–H and O–H groups in total. The monoisotopic (exact) mass is 213 g/mol. The van der Waals surface area contributed by atoms with Crippen LogP contribution in [0, 0.1) is 0 Å². The molecule has 0 bridgehead atoms. The molecule has 1 aromatic carbocycles. The Bertz CT molecular complexity index is 341. The van der Waals surface area contributed by atoms with Crippen LogP contribution in [0.25, 0.3) is 0 Å². The van der Waals surface area contributed by atoms with Gasteiger partial charge in [-0.15, -0.1) is 0 Å². The van der Waals surface area contributed by atoms with Crippen molar-refractivity contribution in [2.45, 2.75) is 6.92 Å². The zero-order valence-electron chi connectivity index (χ0n) is 7.80. The van der Waals surface area contributed by atoms with Gasteiger partial charge in [0.05, 0.1) is 10.7 Å². The lowest BCUT2D eigenvalue weighted by Crippen LogP contribution is -2.28. The van der Waals surface area contributed by atoms with Crippen LogP contribution in [0.3, 0.4) is 0 Å². The van der Waals surface area contributed by atoms with E-state index in [0.717, 1.165) is 0 Å². The molecular weight excluding hydrogens is 202 g/mol. The Morgan fingerprint density at radius 2 is 2.29 bits per heavy atom. The fourth-order valence-corrected chi connectivity index (χ4v) is 1.20. The topological polar surface area (TPSA) is 67.2 Å². The normalized spacial score (nSPS) is 9.57. The predicted octanol–water partition coefficient (Wildman–Crippen LogP) is 2.06. The molecule has 0 aromatic heterocycles. The Hall–Kier alpha value is -1.42. The zero-order chi connectivity index (χ0) is 10.6. The molecule has 0 radical (unpaired) electrons. The maximum atomic E-state index is 11.1. The molecule has 0 saturated carbocycles. The highest BCUT2D eigenvalue weighted by molar-refractivity contribution is 6.34. The summed E-state index contributed by atoms with van der Waals surface area (Å²) in [6, 6.07) is 4.64. The minimum atomic E-state index is -0.279. The molecule has 1 rings (SSSR count). The molecule has 0 aliphatic carbocycles. The van der Waals surface area contributed by atoms with E-state index in [1.54, 1.807) is 18.2 Å². The number of carbonyl (C=O) groups excluding carboxylic acids is 1. The largest absolute Gasteiger partial charge is 0.399 e. The van der Waals surface area contributed by atoms with Crippen molar-refractivity contribution in [2.75, 3.05) is 17.6 Å². The minimum absolute atomic E-state index is 0.279. The zero-order valence-corrected chi connectivity index (χ0v) is 8.56. The number of nitrogens with one attached hydrogen (secondary N) is 2. The highest BCUT2D eigenvalue weighted by Crippen LogP contribution is 2.23. The Balaban J connectivity index is 2.72. The van der Waals surface area contributed by atoms with Crippen molar-refractivity contribution in [3.63, 3.8) is 0 Å². The van der Waals surface area contributed by atoms with Crippen LogP contribution >= 0.6 is 11.6 Å². The summed E-state index contributed by atoms with van der Waals surface area (Å²) in [5.41, 5.74) is 6.62. The average molecular weight is 214 g/mol. The van der Waals surface area contributed by atoms with Crippen molar-refractivity contribution in [3.05, 3.63) is 23.2 Å². The smallest absolute Gasteiger partial charge is 0.319 e. The highest BCUT2D eigenvalue weighted by atomic mass is 35.5. The fourth-order valence-electron chi connectivity index (χ4n) is 0.960. The Morgan fingerprint density at radius 1 is 1.57 bits per heavy atom. The SMILES string of the molecule is CCNC(=O)Nc1ccc(N)cc1Cl. The summed E-state index contributed by atoms with van der Waals surface area (Å²) >= 11 is 5.85. The number of urea groups is 1. The van der Waals surface area contributed by atoms with Gasteiger partial charge in [0.2, 0.25) is 0 Å². The van der Waals surface area contributed by atoms with Gasteiger partial charge >= 0.3 is 6.03 Å². The van der Waals surface area contributed by atoms with Crippen molar-refractivity contribution in [1.29, 1.82) is 0 Å². The number of hydrogen-bond acceptors (Lipinski definition) is 2. The number of anilines is 2. The Morgan fingerprint density at radius 3 is 2.86 bits per heavy atom. The lowest BCUT2D eigenvalue weighted by Gasteiger charge is -2.07. The van der Waals surface area contributed by atoms with Gasteiger partial charge in [0.1, 0.15) is 0 Å². The molecule has 0 unspecified atom stereocenters. The van der Waals surface area contributed by atoms with Gasteiger partial charge in [-0.3, -0.25) is 0 Å². The molecule has 4 nitrogen and oxygen atoms in total. The first-order chi connectivity index (χ1) is 6.63. The summed E-state index contributed by atoms with van der Waals surface area (Å²) in [6.07, 6.45) is 0. The second kappa shape index (κ2) is 4.72. The van der Waals surface area contributed by atoms with Crippen molar-refractivity contribution >= 4 is 29.0 Å². The van der Waals surface area contributed by atoms with E-state index in [1.165, 1.54) is 0 Å². The van der Waals surface area contributed by atoms with Gasteiger partial charge < -0.3 is 16.4 Å². The molecule has 0 spiro atoms. The number of nitrogens with two attached hydrogens (primary N) is 1. The number of nitrogen functional groups attached to an aromatic ring is 1. The van der Waals surface area contributed by atoms with E-state index in [1.807, 2.05) is 6.92 Å². The number of hydrogen-bond donors (Lipinski definition) is 3. The summed E-state index contributed by atoms with van der Waals surface area (Å²) in [6.45, 7) is 2.41. The maximum Gasteiger partial charge on any atom is 0.319 e. The van der Waals surface area contributed by atoms with Crippen LogP contribution in [0.15, 0.2) is 18.2 Å². The minimum Gasteiger partial charge on any atom is -0.399 e. The van der Waals surface area contributed by atoms with Gasteiger partial charge in [0.15, 0.2) is 0 Å². The lowest BCUT2D eigenvalue weighted by molar-refractivity contribution is 0.252. The van der Waals surface area contributed by atoms with Gasteiger partial charge in [0.25, 0.3) is 0 Å². The number of benzene rings is 1. The first-order valence-electron chi connectivity index (χ1n) is 4.23. The van der Waals surface area contributed by atoms with Crippen LogP contribution in [-0.4, -0.2) is 12.6 Å². The van der Waals surface area contributed by atoms with Crippen LogP contribution in [0.4, 0.5) is 16.2 Å². The van der Waals surface area contributed by atoms with Gasteiger partial charge in [-0.2, -0.15) is 0 Å². The maximum absolute atomic E-state index is 11.1. The van der Waals surface area contributed by atoms with Crippen molar-refractivity contribution in [2.24, 2.45) is 0 Å². The third-order valence-electron chi connectivity index (χ3n) is 1.58. The molecule has 76 valence electrons. The van der Waals surface area contributed by atoms with E-state index < -0.39 is 0 Å². The van der Waals surface area contributed by atoms with E-state index in [-0.39, 0.29) is 6.03 Å². The van der Waals surface area contributed by atoms with Crippen molar-refractivity contribution in [1.82, 2.24) is 5.32 Å². The summed E-state index contributed by atoms with van der Waals surface area (Å²) in [5, 5.41) is 5.62. The van der Waals surface area contributed by atoms with Gasteiger partial charge in [0, 0.05) is 12.2 Å². The van der Waals surface area contributed by atoms with Crippen LogP contribution in [-0.2, 0) is 0 Å². The molecule has 0 heterocycles. The van der Waals surface area contributed by atoms with Crippen LogP contribution in [0.2, 0.25) is 5.02 Å². The summed E-state index contributed by atoms with van der Waals surface area (Å²) in [7, 11) is 0. The fraction of sp³-hybridized carbons (Fsp3) is 0.222. The molecule has 5 heteroatoms. The molecule has 0 aliphatic heterocycles. The number of halogens is 1. The van der Waals surface area contributed by atoms with Crippen LogP contribution in [0.5, 0.6) is 0 Å². The lowest BCUT2D eigenvalue weighted by atomic mass is 10.3. The highest BCUT2D eigenvalue weighted by Gasteiger charge is 2.03. The molecular formula is C9H12ClN3O. The standard InChI is InChI=1S/C9H12ClN3O/c1-2-12-9(14)13-8-4-3-6(11)5-7(8)10/h3-5H,2,11H2,1H3,(H2,12,13,14). The summed E-state index contributed by atoms with van der Waals surface area (Å²) in [5.74, 6) is 0. The van der Waals surface area contributed by atoms with E-state index in [4.69, 9.17) is 17.3 Å². The van der Waals surface area contributed by atoms with E-state index in [9.17, 15) is 4.79 Å². The quantitative estimate of drug-likeness (QED) is 0.659. The third kappa shape index (κ3) is 2.81. The van der Waals surface area contributed by atoms with Crippen molar-refractivity contribution < 1.29 is 4.79 Å². The predicted molar refractivity (Wildman–Crippen MR) is 58.6 cm³/mol. The summed E-state index contributed by atoms with van der Waals surface area (Å²) < 4.78 is 0. The van der Waals surface area contributed by atoms with Gasteiger partial charge in [-0.1, -0.05) is 11.6 Å². The van der Waals surface area contributed by atoms with Gasteiger partial charge in [-0.25, -0.2) is 4.79 Å². The molecule has 1 aromatic rings. The first-order valence-corrected chi connectivity index (χ1v) is 4.61.